The van der Waals surface area contributed by atoms with Gasteiger partial charge in [0.05, 0.1) is 11.6 Å². The van der Waals surface area contributed by atoms with Crippen molar-refractivity contribution in [1.29, 1.82) is 0 Å². The average molecular weight is 316 g/mol. The number of hydrazine groups is 1. The second-order valence-electron chi connectivity index (χ2n) is 4.53. The molecule has 7 heteroatoms. The van der Waals surface area contributed by atoms with E-state index >= 15 is 0 Å². The lowest BCUT2D eigenvalue weighted by Crippen LogP contribution is -2.29. The van der Waals surface area contributed by atoms with Gasteiger partial charge in [0.1, 0.15) is 5.15 Å². The van der Waals surface area contributed by atoms with Gasteiger partial charge in [-0.25, -0.2) is 4.98 Å². The molecule has 1 atom stereocenters. The Bertz CT molecular complexity index is 616. The number of nitrogens with zero attached hydrogens (tertiary/aromatic N) is 1. The average Bonchev–Trinajstić information content (AvgIpc) is 2.44. The topological polar surface area (TPSA) is 50.9 Å². The van der Waals surface area contributed by atoms with E-state index in [1.165, 1.54) is 12.3 Å². The van der Waals surface area contributed by atoms with Crippen molar-refractivity contribution in [2.75, 3.05) is 0 Å². The maximum absolute atomic E-state index is 12.7. The third kappa shape index (κ3) is 4.17. The molecule has 0 fully saturated rings. The molecular formula is C14H13ClF3N3. The molecule has 0 amide bonds. The van der Waals surface area contributed by atoms with E-state index in [-0.39, 0.29) is 6.04 Å². The van der Waals surface area contributed by atoms with Crippen LogP contribution in [-0.2, 0) is 12.6 Å². The number of alkyl halides is 3. The van der Waals surface area contributed by atoms with Gasteiger partial charge in [0.15, 0.2) is 0 Å². The molecule has 1 aromatic heterocycles. The van der Waals surface area contributed by atoms with E-state index in [1.807, 2.05) is 0 Å². The van der Waals surface area contributed by atoms with Crippen LogP contribution in [0.25, 0.3) is 0 Å². The minimum Gasteiger partial charge on any atom is -0.271 e. The van der Waals surface area contributed by atoms with Crippen LogP contribution in [0.1, 0.15) is 22.7 Å². The van der Waals surface area contributed by atoms with Crippen molar-refractivity contribution in [1.82, 2.24) is 10.4 Å². The first kappa shape index (κ1) is 15.8. The number of aromatic nitrogens is 1. The molecule has 21 heavy (non-hydrogen) atoms. The smallest absolute Gasteiger partial charge is 0.271 e. The molecule has 0 aliphatic carbocycles. The summed E-state index contributed by atoms with van der Waals surface area (Å²) in [5, 5.41) is 0.303. The maximum Gasteiger partial charge on any atom is 0.416 e. The molecule has 0 aliphatic rings. The molecule has 0 spiro atoms. The molecule has 3 nitrogen and oxygen atoms in total. The second kappa shape index (κ2) is 6.43. The fraction of sp³-hybridized carbons (Fsp3) is 0.214. The van der Waals surface area contributed by atoms with Gasteiger partial charge in [0, 0.05) is 6.20 Å². The standard InChI is InChI=1S/C14H13ClF3N3/c15-13-8-10(4-5-20-13)12(21-19)7-9-2-1-3-11(6-9)14(16,17)18/h1-6,8,12,21H,7,19H2. The zero-order valence-corrected chi connectivity index (χ0v) is 11.6. The number of hydrogen-bond donors (Lipinski definition) is 2. The van der Waals surface area contributed by atoms with Gasteiger partial charge >= 0.3 is 6.18 Å². The molecule has 0 saturated carbocycles. The van der Waals surface area contributed by atoms with Crippen molar-refractivity contribution in [2.24, 2.45) is 5.84 Å². The highest BCUT2D eigenvalue weighted by atomic mass is 35.5. The van der Waals surface area contributed by atoms with Gasteiger partial charge in [0.2, 0.25) is 0 Å². The number of pyridine rings is 1. The van der Waals surface area contributed by atoms with Crippen LogP contribution in [0.15, 0.2) is 42.6 Å². The first-order chi connectivity index (χ1) is 9.90. The molecule has 1 aromatic carbocycles. The number of hydrogen-bond acceptors (Lipinski definition) is 3. The Morgan fingerprint density at radius 1 is 1.24 bits per heavy atom. The van der Waals surface area contributed by atoms with Gasteiger partial charge in [-0.05, 0) is 35.7 Å². The molecule has 3 N–H and O–H groups in total. The summed E-state index contributed by atoms with van der Waals surface area (Å²) in [6, 6.07) is 8.15. The lowest BCUT2D eigenvalue weighted by Gasteiger charge is -2.17. The SMILES string of the molecule is NNC(Cc1cccc(C(F)(F)F)c1)c1ccnc(Cl)c1. The highest BCUT2D eigenvalue weighted by molar-refractivity contribution is 6.29. The Kier molecular flexibility index (Phi) is 4.82. The summed E-state index contributed by atoms with van der Waals surface area (Å²) in [5.41, 5.74) is 3.19. The first-order valence-electron chi connectivity index (χ1n) is 6.14. The highest BCUT2D eigenvalue weighted by Crippen LogP contribution is 2.30. The van der Waals surface area contributed by atoms with E-state index in [1.54, 1.807) is 18.2 Å². The van der Waals surface area contributed by atoms with Gasteiger partial charge in [-0.3, -0.25) is 11.3 Å². The molecule has 0 saturated heterocycles. The van der Waals surface area contributed by atoms with Gasteiger partial charge in [-0.15, -0.1) is 0 Å². The molecule has 0 bridgehead atoms. The summed E-state index contributed by atoms with van der Waals surface area (Å²) >= 11 is 5.81. The minimum absolute atomic E-state index is 0.303. The second-order valence-corrected chi connectivity index (χ2v) is 4.92. The van der Waals surface area contributed by atoms with E-state index in [2.05, 4.69) is 10.4 Å². The molecule has 2 rings (SSSR count). The quantitative estimate of drug-likeness (QED) is 0.516. The molecule has 0 radical (unpaired) electrons. The molecule has 1 heterocycles. The van der Waals surface area contributed by atoms with Gasteiger partial charge in [-0.2, -0.15) is 13.2 Å². The summed E-state index contributed by atoms with van der Waals surface area (Å²) in [6.07, 6.45) is -2.53. The summed E-state index contributed by atoms with van der Waals surface area (Å²) in [7, 11) is 0. The van der Waals surface area contributed by atoms with E-state index < -0.39 is 11.7 Å². The highest BCUT2D eigenvalue weighted by Gasteiger charge is 2.30. The Hall–Kier alpha value is -1.63. The maximum atomic E-state index is 12.7. The van der Waals surface area contributed by atoms with Crippen LogP contribution < -0.4 is 11.3 Å². The van der Waals surface area contributed by atoms with Crippen molar-refractivity contribution in [3.63, 3.8) is 0 Å². The Balaban J connectivity index is 2.23. The molecule has 112 valence electrons. The lowest BCUT2D eigenvalue weighted by molar-refractivity contribution is -0.137. The van der Waals surface area contributed by atoms with Crippen molar-refractivity contribution in [3.05, 3.63) is 64.4 Å². The summed E-state index contributed by atoms with van der Waals surface area (Å²) in [4.78, 5) is 3.86. The van der Waals surface area contributed by atoms with Crippen LogP contribution in [0, 0.1) is 0 Å². The Labute approximate surface area is 124 Å². The van der Waals surface area contributed by atoms with E-state index in [9.17, 15) is 13.2 Å². The number of halogens is 4. The fourth-order valence-corrected chi connectivity index (χ4v) is 2.20. The normalized spacial score (nSPS) is 13.2. The van der Waals surface area contributed by atoms with Crippen molar-refractivity contribution >= 4 is 11.6 Å². The predicted octanol–water partition coefficient (Wildman–Crippen LogP) is 3.50. The summed E-state index contributed by atoms with van der Waals surface area (Å²) < 4.78 is 38.1. The van der Waals surface area contributed by atoms with E-state index in [0.29, 0.717) is 17.1 Å². The van der Waals surface area contributed by atoms with E-state index in [0.717, 1.165) is 17.7 Å². The third-order valence-electron chi connectivity index (χ3n) is 3.05. The van der Waals surface area contributed by atoms with Crippen LogP contribution in [0.2, 0.25) is 5.15 Å². The van der Waals surface area contributed by atoms with Crippen molar-refractivity contribution < 1.29 is 13.2 Å². The minimum atomic E-state index is -4.36. The van der Waals surface area contributed by atoms with Crippen LogP contribution in [-0.4, -0.2) is 4.98 Å². The zero-order chi connectivity index (χ0) is 15.5. The lowest BCUT2D eigenvalue weighted by atomic mass is 9.99. The van der Waals surface area contributed by atoms with Crippen molar-refractivity contribution in [2.45, 2.75) is 18.6 Å². The zero-order valence-electron chi connectivity index (χ0n) is 10.9. The van der Waals surface area contributed by atoms with E-state index in [4.69, 9.17) is 17.4 Å². The number of rotatable bonds is 4. The first-order valence-corrected chi connectivity index (χ1v) is 6.51. The number of nitrogens with two attached hydrogens (primary N) is 1. The van der Waals surface area contributed by atoms with Crippen LogP contribution in [0.3, 0.4) is 0 Å². The number of nitrogens with one attached hydrogen (secondary N) is 1. The molecular weight excluding hydrogens is 303 g/mol. The van der Waals surface area contributed by atoms with Crippen LogP contribution >= 0.6 is 11.6 Å². The van der Waals surface area contributed by atoms with Crippen LogP contribution in [0.4, 0.5) is 13.2 Å². The predicted molar refractivity (Wildman–Crippen MR) is 74.5 cm³/mol. The van der Waals surface area contributed by atoms with Crippen molar-refractivity contribution in [3.8, 4) is 0 Å². The largest absolute Gasteiger partial charge is 0.416 e. The molecule has 1 unspecified atom stereocenters. The third-order valence-corrected chi connectivity index (χ3v) is 3.26. The molecule has 2 aromatic rings. The molecule has 0 aliphatic heterocycles. The fourth-order valence-electron chi connectivity index (χ4n) is 2.02. The Morgan fingerprint density at radius 2 is 2.00 bits per heavy atom. The summed E-state index contributed by atoms with van der Waals surface area (Å²) in [6.45, 7) is 0. The summed E-state index contributed by atoms with van der Waals surface area (Å²) in [5.74, 6) is 5.49. The monoisotopic (exact) mass is 315 g/mol. The van der Waals surface area contributed by atoms with Gasteiger partial charge in [-0.1, -0.05) is 29.8 Å². The number of benzene rings is 1. The van der Waals surface area contributed by atoms with Crippen LogP contribution in [0.5, 0.6) is 0 Å². The Morgan fingerprint density at radius 3 is 2.62 bits per heavy atom. The van der Waals surface area contributed by atoms with Gasteiger partial charge < -0.3 is 0 Å². The van der Waals surface area contributed by atoms with Gasteiger partial charge in [0.25, 0.3) is 0 Å².